The molecule has 1 heteroatoms. The molecule has 0 aromatic heterocycles. The van der Waals surface area contributed by atoms with E-state index in [0.717, 1.165) is 36.8 Å². The Morgan fingerprint density at radius 1 is 0.800 bits per heavy atom. The first kappa shape index (κ1) is 17.2. The molecule has 0 fully saturated rings. The first-order valence-corrected chi connectivity index (χ1v) is 8.18. The lowest BCUT2D eigenvalue weighted by molar-refractivity contribution is 0.275. The van der Waals surface area contributed by atoms with E-state index in [1.54, 1.807) is 0 Å². The Balaban J connectivity index is 2.42. The molecule has 1 nitrogen and oxygen atoms in total. The molecule has 0 unspecified atom stereocenters. The highest BCUT2D eigenvalue weighted by molar-refractivity contribution is 5.22. The minimum Gasteiger partial charge on any atom is -0.312 e. The van der Waals surface area contributed by atoms with Gasteiger partial charge in [0.2, 0.25) is 0 Å². The maximum Gasteiger partial charge on any atom is 0.0205 e. The van der Waals surface area contributed by atoms with Gasteiger partial charge >= 0.3 is 0 Å². The molecule has 0 atom stereocenters. The van der Waals surface area contributed by atoms with Crippen LogP contribution in [0, 0.1) is 23.7 Å². The summed E-state index contributed by atoms with van der Waals surface area (Å²) in [5, 5.41) is 3.62. The van der Waals surface area contributed by atoms with E-state index >= 15 is 0 Å². The van der Waals surface area contributed by atoms with Crippen molar-refractivity contribution in [3.8, 4) is 0 Å². The van der Waals surface area contributed by atoms with Crippen LogP contribution >= 0.6 is 0 Å². The molecule has 0 amide bonds. The van der Waals surface area contributed by atoms with Crippen LogP contribution < -0.4 is 5.32 Å². The molecule has 0 spiro atoms. The van der Waals surface area contributed by atoms with E-state index in [-0.39, 0.29) is 0 Å². The van der Waals surface area contributed by atoms with E-state index in [0.29, 0.717) is 0 Å². The van der Waals surface area contributed by atoms with Crippen LogP contribution in [0.15, 0.2) is 24.3 Å². The summed E-state index contributed by atoms with van der Waals surface area (Å²) in [6.45, 7) is 15.9. The summed E-state index contributed by atoms with van der Waals surface area (Å²) in [7, 11) is 0. The van der Waals surface area contributed by atoms with Gasteiger partial charge < -0.3 is 5.32 Å². The van der Waals surface area contributed by atoms with Crippen LogP contribution in [0.2, 0.25) is 0 Å². The fraction of sp³-hybridized carbons (Fsp3) is 0.684. The van der Waals surface area contributed by atoms with Gasteiger partial charge in [0, 0.05) is 6.54 Å². The van der Waals surface area contributed by atoms with Crippen molar-refractivity contribution in [3.05, 3.63) is 35.4 Å². The summed E-state index contributed by atoms with van der Waals surface area (Å²) >= 11 is 0. The minimum atomic E-state index is 0.733. The van der Waals surface area contributed by atoms with Gasteiger partial charge in [-0.25, -0.2) is 0 Å². The molecule has 0 heterocycles. The predicted octanol–water partition coefficient (Wildman–Crippen LogP) is 4.90. The molecule has 20 heavy (non-hydrogen) atoms. The van der Waals surface area contributed by atoms with Gasteiger partial charge in [-0.05, 0) is 47.8 Å². The molecular formula is C19H33N. The number of hydrogen-bond acceptors (Lipinski definition) is 1. The van der Waals surface area contributed by atoms with Crippen molar-refractivity contribution in [2.45, 2.75) is 54.5 Å². The molecule has 0 aliphatic heterocycles. The van der Waals surface area contributed by atoms with Crippen LogP contribution in [-0.2, 0) is 13.0 Å². The van der Waals surface area contributed by atoms with Crippen LogP contribution in [0.4, 0.5) is 0 Å². The van der Waals surface area contributed by atoms with Gasteiger partial charge in [0.05, 0.1) is 0 Å². The van der Waals surface area contributed by atoms with Crippen LogP contribution in [0.5, 0.6) is 0 Å². The minimum absolute atomic E-state index is 0.733. The zero-order chi connectivity index (χ0) is 15.1. The summed E-state index contributed by atoms with van der Waals surface area (Å²) in [6.07, 6.45) is 1.18. The van der Waals surface area contributed by atoms with Crippen molar-refractivity contribution in [3.63, 3.8) is 0 Å². The fourth-order valence-electron chi connectivity index (χ4n) is 2.89. The Morgan fingerprint density at radius 2 is 1.30 bits per heavy atom. The topological polar surface area (TPSA) is 12.0 Å². The molecule has 1 N–H and O–H groups in total. The van der Waals surface area contributed by atoms with Gasteiger partial charge in [-0.15, -0.1) is 0 Å². The van der Waals surface area contributed by atoms with Crippen LogP contribution in [0.25, 0.3) is 0 Å². The maximum absolute atomic E-state index is 3.62. The molecule has 1 aromatic carbocycles. The summed E-state index contributed by atoms with van der Waals surface area (Å²) in [5.41, 5.74) is 2.84. The van der Waals surface area contributed by atoms with Gasteiger partial charge in [0.25, 0.3) is 0 Å². The zero-order valence-electron chi connectivity index (χ0n) is 14.2. The Hall–Kier alpha value is -0.820. The maximum atomic E-state index is 3.62. The van der Waals surface area contributed by atoms with Crippen LogP contribution in [-0.4, -0.2) is 6.54 Å². The van der Waals surface area contributed by atoms with E-state index in [4.69, 9.17) is 0 Å². The number of nitrogens with one attached hydrogen (secondary N) is 1. The van der Waals surface area contributed by atoms with E-state index in [1.807, 2.05) is 0 Å². The molecule has 0 saturated heterocycles. The summed E-state index contributed by atoms with van der Waals surface area (Å²) in [6, 6.07) is 9.09. The lowest BCUT2D eigenvalue weighted by atomic mass is 9.85. The zero-order valence-corrected chi connectivity index (χ0v) is 14.2. The molecule has 114 valence electrons. The third kappa shape index (κ3) is 6.09. The molecule has 0 aliphatic rings. The molecule has 0 bridgehead atoms. The smallest absolute Gasteiger partial charge is 0.0205 e. The van der Waals surface area contributed by atoms with E-state index in [1.165, 1.54) is 17.5 Å². The second kappa shape index (κ2) is 8.46. The molecule has 0 saturated carbocycles. The van der Waals surface area contributed by atoms with E-state index in [2.05, 4.69) is 71.1 Å². The molecular weight excluding hydrogens is 242 g/mol. The number of rotatable bonds is 8. The quantitative estimate of drug-likeness (QED) is 0.711. The number of benzene rings is 1. The average molecular weight is 275 g/mol. The highest BCUT2D eigenvalue weighted by atomic mass is 14.9. The van der Waals surface area contributed by atoms with Crippen molar-refractivity contribution in [1.29, 1.82) is 0 Å². The third-order valence-electron chi connectivity index (χ3n) is 4.09. The lowest BCUT2D eigenvalue weighted by Crippen LogP contribution is -2.29. The largest absolute Gasteiger partial charge is 0.312 e. The molecule has 1 rings (SSSR count). The SMILES string of the molecule is CC(C)Cc1ccc(CNCC(C(C)C)C(C)C)cc1. The molecule has 1 aromatic rings. The summed E-state index contributed by atoms with van der Waals surface area (Å²) in [5.74, 6) is 2.99. The van der Waals surface area contributed by atoms with Gasteiger partial charge in [-0.3, -0.25) is 0 Å². The average Bonchev–Trinajstić information content (AvgIpc) is 2.35. The van der Waals surface area contributed by atoms with Crippen molar-refractivity contribution in [2.24, 2.45) is 23.7 Å². The normalized spacial score (nSPS) is 12.1. The predicted molar refractivity (Wildman–Crippen MR) is 89.9 cm³/mol. The second-order valence-corrected chi connectivity index (χ2v) is 7.20. The van der Waals surface area contributed by atoms with E-state index < -0.39 is 0 Å². The monoisotopic (exact) mass is 275 g/mol. The van der Waals surface area contributed by atoms with Crippen molar-refractivity contribution < 1.29 is 0 Å². The Labute approximate surface area is 126 Å². The Morgan fingerprint density at radius 3 is 1.75 bits per heavy atom. The highest BCUT2D eigenvalue weighted by Crippen LogP contribution is 2.19. The van der Waals surface area contributed by atoms with Gasteiger partial charge in [-0.1, -0.05) is 65.8 Å². The molecule has 0 aliphatic carbocycles. The second-order valence-electron chi connectivity index (χ2n) is 7.20. The summed E-state index contributed by atoms with van der Waals surface area (Å²) < 4.78 is 0. The first-order chi connectivity index (χ1) is 9.40. The van der Waals surface area contributed by atoms with Gasteiger partial charge in [-0.2, -0.15) is 0 Å². The third-order valence-corrected chi connectivity index (χ3v) is 4.09. The van der Waals surface area contributed by atoms with Gasteiger partial charge in [0.1, 0.15) is 0 Å². The van der Waals surface area contributed by atoms with E-state index in [9.17, 15) is 0 Å². The Bertz CT molecular complexity index is 354. The first-order valence-electron chi connectivity index (χ1n) is 8.18. The van der Waals surface area contributed by atoms with Crippen molar-refractivity contribution in [1.82, 2.24) is 5.32 Å². The van der Waals surface area contributed by atoms with Gasteiger partial charge in [0.15, 0.2) is 0 Å². The van der Waals surface area contributed by atoms with Crippen molar-refractivity contribution in [2.75, 3.05) is 6.54 Å². The standard InChI is InChI=1S/C19H33N/c1-14(2)11-17-7-9-18(10-8-17)12-20-13-19(15(3)4)16(5)6/h7-10,14-16,19-20H,11-13H2,1-6H3. The fourth-order valence-corrected chi connectivity index (χ4v) is 2.89. The lowest BCUT2D eigenvalue weighted by Gasteiger charge is -2.25. The van der Waals surface area contributed by atoms with Crippen LogP contribution in [0.1, 0.15) is 52.7 Å². The number of hydrogen-bond donors (Lipinski definition) is 1. The summed E-state index contributed by atoms with van der Waals surface area (Å²) in [4.78, 5) is 0. The highest BCUT2D eigenvalue weighted by Gasteiger charge is 2.16. The van der Waals surface area contributed by atoms with Crippen molar-refractivity contribution >= 4 is 0 Å². The van der Waals surface area contributed by atoms with Crippen LogP contribution in [0.3, 0.4) is 0 Å². The molecule has 0 radical (unpaired) electrons. The Kier molecular flexibility index (Phi) is 7.29.